The van der Waals surface area contributed by atoms with Crippen LogP contribution in [0.4, 0.5) is 10.1 Å². The molecule has 4 rings (SSSR count). The first-order valence-corrected chi connectivity index (χ1v) is 8.39. The van der Waals surface area contributed by atoms with Crippen LogP contribution in [0.3, 0.4) is 0 Å². The SMILES string of the molecule is O=C(O)c1ccc(NC(=O)c2nnn(-c3ccc(F)cc3)c2C2CC2)cc1. The zero-order valence-corrected chi connectivity index (χ0v) is 14.1. The molecule has 8 heteroatoms. The van der Waals surface area contributed by atoms with E-state index in [1.54, 1.807) is 16.8 Å². The van der Waals surface area contributed by atoms with Crippen LogP contribution in [-0.4, -0.2) is 32.0 Å². The number of hydrogen-bond donors (Lipinski definition) is 2. The summed E-state index contributed by atoms with van der Waals surface area (Å²) in [6.45, 7) is 0. The number of nitrogens with one attached hydrogen (secondary N) is 1. The molecule has 3 aromatic rings. The summed E-state index contributed by atoms with van der Waals surface area (Å²) in [5.74, 6) is -1.63. The highest BCUT2D eigenvalue weighted by Gasteiger charge is 2.34. The third-order valence-corrected chi connectivity index (χ3v) is 4.35. The normalized spacial score (nSPS) is 13.4. The molecule has 0 unspecified atom stereocenters. The molecule has 0 spiro atoms. The molecule has 0 bridgehead atoms. The van der Waals surface area contributed by atoms with Gasteiger partial charge in [0, 0.05) is 11.6 Å². The quantitative estimate of drug-likeness (QED) is 0.722. The van der Waals surface area contributed by atoms with Crippen molar-refractivity contribution in [2.75, 3.05) is 5.32 Å². The van der Waals surface area contributed by atoms with Crippen LogP contribution < -0.4 is 5.32 Å². The second-order valence-electron chi connectivity index (χ2n) is 6.32. The number of anilines is 1. The fraction of sp³-hybridized carbons (Fsp3) is 0.158. The van der Waals surface area contributed by atoms with Crippen molar-refractivity contribution in [3.8, 4) is 5.69 Å². The number of carboxylic acid groups (broad SMARTS) is 1. The Morgan fingerprint density at radius 1 is 1.07 bits per heavy atom. The molecular weight excluding hydrogens is 351 g/mol. The van der Waals surface area contributed by atoms with Crippen LogP contribution in [0.25, 0.3) is 5.69 Å². The predicted octanol–water partition coefficient (Wildman–Crippen LogP) is 3.23. The number of carboxylic acids is 1. The molecule has 0 saturated heterocycles. The van der Waals surface area contributed by atoms with Crippen molar-refractivity contribution in [2.24, 2.45) is 0 Å². The minimum Gasteiger partial charge on any atom is -0.478 e. The number of aromatic carboxylic acids is 1. The molecule has 0 radical (unpaired) electrons. The molecule has 1 heterocycles. The fourth-order valence-corrected chi connectivity index (χ4v) is 2.83. The van der Waals surface area contributed by atoms with Gasteiger partial charge in [-0.15, -0.1) is 5.10 Å². The van der Waals surface area contributed by atoms with Gasteiger partial charge in [-0.1, -0.05) is 5.21 Å². The Bertz CT molecular complexity index is 1010. The number of rotatable bonds is 5. The molecule has 2 N–H and O–H groups in total. The topological polar surface area (TPSA) is 97.1 Å². The smallest absolute Gasteiger partial charge is 0.335 e. The van der Waals surface area contributed by atoms with Crippen LogP contribution >= 0.6 is 0 Å². The van der Waals surface area contributed by atoms with Gasteiger partial charge >= 0.3 is 5.97 Å². The molecule has 1 amide bonds. The zero-order chi connectivity index (χ0) is 19.0. The van der Waals surface area contributed by atoms with Crippen LogP contribution in [0.2, 0.25) is 0 Å². The van der Waals surface area contributed by atoms with Crippen molar-refractivity contribution < 1.29 is 19.1 Å². The number of carbonyl (C=O) groups excluding carboxylic acids is 1. The van der Waals surface area contributed by atoms with Crippen molar-refractivity contribution >= 4 is 17.6 Å². The van der Waals surface area contributed by atoms with Crippen LogP contribution in [0.15, 0.2) is 48.5 Å². The van der Waals surface area contributed by atoms with Gasteiger partial charge in [-0.25, -0.2) is 13.9 Å². The van der Waals surface area contributed by atoms with Crippen molar-refractivity contribution in [1.29, 1.82) is 0 Å². The molecule has 7 nitrogen and oxygen atoms in total. The number of halogens is 1. The Morgan fingerprint density at radius 2 is 1.74 bits per heavy atom. The van der Waals surface area contributed by atoms with E-state index >= 15 is 0 Å². The molecule has 1 fully saturated rings. The predicted molar refractivity (Wildman–Crippen MR) is 94.6 cm³/mol. The van der Waals surface area contributed by atoms with Gasteiger partial charge in [0.25, 0.3) is 5.91 Å². The lowest BCUT2D eigenvalue weighted by atomic mass is 10.2. The Balaban J connectivity index is 1.62. The number of nitrogens with zero attached hydrogens (tertiary/aromatic N) is 3. The summed E-state index contributed by atoms with van der Waals surface area (Å²) in [7, 11) is 0. The second-order valence-corrected chi connectivity index (χ2v) is 6.32. The molecule has 1 aliphatic rings. The Hall–Kier alpha value is -3.55. The average Bonchev–Trinajstić information content (AvgIpc) is 3.41. The molecule has 0 atom stereocenters. The van der Waals surface area contributed by atoms with E-state index in [-0.39, 0.29) is 23.0 Å². The number of aromatic nitrogens is 3. The van der Waals surface area contributed by atoms with Gasteiger partial charge in [-0.05, 0) is 61.4 Å². The van der Waals surface area contributed by atoms with Gasteiger partial charge in [0.05, 0.1) is 16.9 Å². The number of hydrogen-bond acceptors (Lipinski definition) is 4. The maximum Gasteiger partial charge on any atom is 0.335 e. The van der Waals surface area contributed by atoms with Gasteiger partial charge in [0.15, 0.2) is 5.69 Å². The first-order chi connectivity index (χ1) is 13.0. The lowest BCUT2D eigenvalue weighted by Crippen LogP contribution is -2.15. The van der Waals surface area contributed by atoms with Crippen LogP contribution in [0, 0.1) is 5.82 Å². The molecule has 1 aliphatic carbocycles. The highest BCUT2D eigenvalue weighted by Crippen LogP contribution is 2.42. The highest BCUT2D eigenvalue weighted by molar-refractivity contribution is 6.04. The summed E-state index contributed by atoms with van der Waals surface area (Å²) in [6.07, 6.45) is 1.87. The molecule has 1 aromatic heterocycles. The maximum atomic E-state index is 13.2. The van der Waals surface area contributed by atoms with Crippen molar-refractivity contribution in [3.63, 3.8) is 0 Å². The molecule has 2 aromatic carbocycles. The standard InChI is InChI=1S/C19H15FN4O3/c20-13-5-9-15(10-6-13)24-17(11-1-2-11)16(22-23-24)18(25)21-14-7-3-12(4-8-14)19(26)27/h3-11H,1-2H2,(H,21,25)(H,26,27). The Morgan fingerprint density at radius 3 is 2.33 bits per heavy atom. The molecule has 0 aliphatic heterocycles. The van der Waals surface area contributed by atoms with Crippen LogP contribution in [0.5, 0.6) is 0 Å². The van der Waals surface area contributed by atoms with Crippen molar-refractivity contribution in [2.45, 2.75) is 18.8 Å². The number of carbonyl (C=O) groups is 2. The summed E-state index contributed by atoms with van der Waals surface area (Å²) < 4.78 is 14.8. The van der Waals surface area contributed by atoms with Crippen LogP contribution in [0.1, 0.15) is 45.3 Å². The van der Waals surface area contributed by atoms with Gasteiger partial charge < -0.3 is 10.4 Å². The lowest BCUT2D eigenvalue weighted by Gasteiger charge is -2.08. The third-order valence-electron chi connectivity index (χ3n) is 4.35. The van der Waals surface area contributed by atoms with Gasteiger partial charge in [0.2, 0.25) is 0 Å². The molecule has 1 saturated carbocycles. The monoisotopic (exact) mass is 366 g/mol. The summed E-state index contributed by atoms with van der Waals surface area (Å²) >= 11 is 0. The summed E-state index contributed by atoms with van der Waals surface area (Å²) in [6, 6.07) is 11.7. The van der Waals surface area contributed by atoms with E-state index in [1.165, 1.54) is 36.4 Å². The largest absolute Gasteiger partial charge is 0.478 e. The number of amides is 1. The zero-order valence-electron chi connectivity index (χ0n) is 14.1. The van der Waals surface area contributed by atoms with Crippen molar-refractivity contribution in [3.05, 3.63) is 71.3 Å². The van der Waals surface area contributed by atoms with Crippen molar-refractivity contribution in [1.82, 2.24) is 15.0 Å². The second kappa shape index (κ2) is 6.64. The van der Waals surface area contributed by atoms with Gasteiger partial charge in [0.1, 0.15) is 5.82 Å². The highest BCUT2D eigenvalue weighted by atomic mass is 19.1. The van der Waals surface area contributed by atoms with E-state index in [9.17, 15) is 14.0 Å². The van der Waals surface area contributed by atoms with E-state index in [0.717, 1.165) is 12.8 Å². The maximum absolute atomic E-state index is 13.2. The minimum absolute atomic E-state index is 0.133. The Labute approximate surface area is 153 Å². The minimum atomic E-state index is -1.04. The van der Waals surface area contributed by atoms with Crippen LogP contribution in [-0.2, 0) is 0 Å². The van der Waals surface area contributed by atoms with E-state index in [2.05, 4.69) is 15.6 Å². The molecule has 136 valence electrons. The first kappa shape index (κ1) is 16.9. The van der Waals surface area contributed by atoms with E-state index < -0.39 is 11.9 Å². The summed E-state index contributed by atoms with van der Waals surface area (Å²) in [4.78, 5) is 23.6. The van der Waals surface area contributed by atoms with E-state index in [4.69, 9.17) is 5.11 Å². The third kappa shape index (κ3) is 3.41. The first-order valence-electron chi connectivity index (χ1n) is 8.39. The van der Waals surface area contributed by atoms with E-state index in [1.807, 2.05) is 0 Å². The molecular formula is C19H15FN4O3. The molecule has 27 heavy (non-hydrogen) atoms. The number of benzene rings is 2. The summed E-state index contributed by atoms with van der Waals surface area (Å²) in [5, 5.41) is 19.8. The van der Waals surface area contributed by atoms with Gasteiger partial charge in [-0.3, -0.25) is 4.79 Å². The fourth-order valence-electron chi connectivity index (χ4n) is 2.83. The lowest BCUT2D eigenvalue weighted by molar-refractivity contribution is 0.0696. The van der Waals surface area contributed by atoms with E-state index in [0.29, 0.717) is 17.1 Å². The summed E-state index contributed by atoms with van der Waals surface area (Å²) in [5.41, 5.74) is 2.14. The Kier molecular flexibility index (Phi) is 4.15. The average molecular weight is 366 g/mol. The van der Waals surface area contributed by atoms with Gasteiger partial charge in [-0.2, -0.15) is 0 Å².